The molecule has 0 aliphatic rings. The molecule has 76 valence electrons. The highest BCUT2D eigenvalue weighted by atomic mass is 32.2. The molecule has 0 saturated carbocycles. The molecule has 1 aromatic carbocycles. The van der Waals surface area contributed by atoms with Gasteiger partial charge in [0.25, 0.3) is 5.91 Å². The topological polar surface area (TPSA) is 55.1 Å². The molecular weight excluding hydrogens is 196 g/mol. The highest BCUT2D eigenvalue weighted by Gasteiger charge is 2.01. The van der Waals surface area contributed by atoms with Crippen LogP contribution in [0.3, 0.4) is 0 Å². The summed E-state index contributed by atoms with van der Waals surface area (Å²) in [6.07, 6.45) is 0. The van der Waals surface area contributed by atoms with E-state index in [0.717, 1.165) is 11.5 Å². The number of thioether (sulfide) groups is 1. The Hall–Kier alpha value is -1.00. The maximum Gasteiger partial charge on any atom is 0.265 e. The van der Waals surface area contributed by atoms with Crippen LogP contribution < -0.4 is 11.3 Å². The van der Waals surface area contributed by atoms with E-state index in [9.17, 15) is 4.79 Å². The van der Waals surface area contributed by atoms with Gasteiger partial charge in [-0.25, -0.2) is 5.84 Å². The van der Waals surface area contributed by atoms with E-state index in [0.29, 0.717) is 5.56 Å². The molecule has 3 N–H and O–H groups in total. The van der Waals surface area contributed by atoms with Crippen LogP contribution in [-0.2, 0) is 5.75 Å². The van der Waals surface area contributed by atoms with Crippen LogP contribution in [0.5, 0.6) is 0 Å². The maximum absolute atomic E-state index is 11.1. The third-order valence-electron chi connectivity index (χ3n) is 1.82. The Labute approximate surface area is 88.0 Å². The number of hydrogen-bond acceptors (Lipinski definition) is 3. The van der Waals surface area contributed by atoms with Crippen LogP contribution in [-0.4, -0.2) is 11.7 Å². The van der Waals surface area contributed by atoms with E-state index in [2.05, 4.69) is 12.3 Å². The lowest BCUT2D eigenvalue weighted by Crippen LogP contribution is -2.29. The zero-order valence-electron chi connectivity index (χ0n) is 8.12. The van der Waals surface area contributed by atoms with Crippen molar-refractivity contribution in [3.8, 4) is 0 Å². The van der Waals surface area contributed by atoms with Crippen molar-refractivity contribution in [2.75, 3.05) is 5.75 Å². The smallest absolute Gasteiger partial charge is 0.265 e. The van der Waals surface area contributed by atoms with Crippen LogP contribution in [0.25, 0.3) is 0 Å². The van der Waals surface area contributed by atoms with Crippen molar-refractivity contribution >= 4 is 17.7 Å². The molecule has 1 rings (SSSR count). The normalized spacial score (nSPS) is 9.86. The van der Waals surface area contributed by atoms with E-state index in [1.54, 1.807) is 12.1 Å². The molecule has 1 amide bonds. The Morgan fingerprint density at radius 3 is 2.57 bits per heavy atom. The van der Waals surface area contributed by atoms with E-state index in [-0.39, 0.29) is 5.91 Å². The standard InChI is InChI=1S/C10H14N2OS/c1-2-14-7-8-3-5-9(6-4-8)10(13)12-11/h3-6H,2,7,11H2,1H3,(H,12,13). The molecule has 0 aliphatic heterocycles. The van der Waals surface area contributed by atoms with Gasteiger partial charge in [-0.1, -0.05) is 19.1 Å². The van der Waals surface area contributed by atoms with Crippen molar-refractivity contribution in [3.63, 3.8) is 0 Å². The molecule has 4 heteroatoms. The van der Waals surface area contributed by atoms with Gasteiger partial charge in [0.05, 0.1) is 0 Å². The SMILES string of the molecule is CCSCc1ccc(C(=O)NN)cc1. The van der Waals surface area contributed by atoms with Gasteiger partial charge in [0.1, 0.15) is 0 Å². The van der Waals surface area contributed by atoms with Crippen molar-refractivity contribution in [2.24, 2.45) is 5.84 Å². The van der Waals surface area contributed by atoms with Crippen LogP contribution in [0.15, 0.2) is 24.3 Å². The first-order valence-electron chi connectivity index (χ1n) is 4.45. The molecule has 0 bridgehead atoms. The average molecular weight is 210 g/mol. The number of rotatable bonds is 4. The average Bonchev–Trinajstić information content (AvgIpc) is 2.26. The maximum atomic E-state index is 11.1. The summed E-state index contributed by atoms with van der Waals surface area (Å²) >= 11 is 1.86. The number of benzene rings is 1. The summed E-state index contributed by atoms with van der Waals surface area (Å²) in [4.78, 5) is 11.1. The third kappa shape index (κ3) is 3.05. The largest absolute Gasteiger partial charge is 0.290 e. The lowest BCUT2D eigenvalue weighted by molar-refractivity contribution is 0.0953. The molecule has 14 heavy (non-hydrogen) atoms. The quantitative estimate of drug-likeness (QED) is 0.450. The highest BCUT2D eigenvalue weighted by Crippen LogP contribution is 2.12. The molecule has 3 nitrogen and oxygen atoms in total. The second-order valence-corrected chi connectivity index (χ2v) is 4.08. The second-order valence-electron chi connectivity index (χ2n) is 2.81. The monoisotopic (exact) mass is 210 g/mol. The molecule has 0 saturated heterocycles. The minimum absolute atomic E-state index is 0.250. The first-order valence-corrected chi connectivity index (χ1v) is 5.61. The van der Waals surface area contributed by atoms with Gasteiger partial charge in [-0.05, 0) is 23.4 Å². The number of carbonyl (C=O) groups excluding carboxylic acids is 1. The molecule has 0 unspecified atom stereocenters. The van der Waals surface area contributed by atoms with Crippen LogP contribution in [0.4, 0.5) is 0 Å². The predicted molar refractivity (Wildman–Crippen MR) is 59.9 cm³/mol. The number of nitrogens with one attached hydrogen (secondary N) is 1. The summed E-state index contributed by atoms with van der Waals surface area (Å²) in [5.74, 6) is 6.86. The highest BCUT2D eigenvalue weighted by molar-refractivity contribution is 7.98. The van der Waals surface area contributed by atoms with Crippen molar-refractivity contribution in [1.82, 2.24) is 5.43 Å². The Bertz CT molecular complexity index is 297. The number of carbonyl (C=O) groups is 1. The summed E-state index contributed by atoms with van der Waals surface area (Å²) in [6.45, 7) is 2.13. The number of hydrogen-bond donors (Lipinski definition) is 2. The Kier molecular flexibility index (Phi) is 4.49. The van der Waals surface area contributed by atoms with Crippen LogP contribution in [0.1, 0.15) is 22.8 Å². The fourth-order valence-electron chi connectivity index (χ4n) is 1.06. The second kappa shape index (κ2) is 5.67. The Morgan fingerprint density at radius 2 is 2.07 bits per heavy atom. The summed E-state index contributed by atoms with van der Waals surface area (Å²) in [6, 6.07) is 7.47. The van der Waals surface area contributed by atoms with Gasteiger partial charge in [-0.3, -0.25) is 10.2 Å². The van der Waals surface area contributed by atoms with Gasteiger partial charge < -0.3 is 0 Å². The van der Waals surface area contributed by atoms with E-state index >= 15 is 0 Å². The van der Waals surface area contributed by atoms with Gasteiger partial charge >= 0.3 is 0 Å². The molecule has 0 aliphatic carbocycles. The fourth-order valence-corrected chi connectivity index (χ4v) is 1.69. The van der Waals surface area contributed by atoms with E-state index in [1.165, 1.54) is 5.56 Å². The molecular formula is C10H14N2OS. The molecule has 0 spiro atoms. The number of nitrogen functional groups attached to an aromatic ring is 1. The number of amides is 1. The van der Waals surface area contributed by atoms with Crippen molar-refractivity contribution in [2.45, 2.75) is 12.7 Å². The van der Waals surface area contributed by atoms with Gasteiger partial charge in [0.2, 0.25) is 0 Å². The minimum atomic E-state index is -0.250. The predicted octanol–water partition coefficient (Wildman–Crippen LogP) is 1.54. The van der Waals surface area contributed by atoms with Crippen molar-refractivity contribution in [3.05, 3.63) is 35.4 Å². The molecule has 0 heterocycles. The lowest BCUT2D eigenvalue weighted by Gasteiger charge is -2.02. The van der Waals surface area contributed by atoms with E-state index in [4.69, 9.17) is 5.84 Å². The Morgan fingerprint density at radius 1 is 1.43 bits per heavy atom. The van der Waals surface area contributed by atoms with E-state index < -0.39 is 0 Å². The first-order chi connectivity index (χ1) is 6.77. The van der Waals surface area contributed by atoms with E-state index in [1.807, 2.05) is 23.9 Å². The molecule has 0 aromatic heterocycles. The fraction of sp³-hybridized carbons (Fsp3) is 0.300. The van der Waals surface area contributed by atoms with Crippen LogP contribution in [0, 0.1) is 0 Å². The molecule has 1 aromatic rings. The lowest BCUT2D eigenvalue weighted by atomic mass is 10.1. The zero-order chi connectivity index (χ0) is 10.4. The van der Waals surface area contributed by atoms with Gasteiger partial charge in [-0.15, -0.1) is 0 Å². The van der Waals surface area contributed by atoms with Crippen molar-refractivity contribution < 1.29 is 4.79 Å². The summed E-state index contributed by atoms with van der Waals surface area (Å²) in [7, 11) is 0. The summed E-state index contributed by atoms with van der Waals surface area (Å²) in [5, 5.41) is 0. The summed E-state index contributed by atoms with van der Waals surface area (Å²) < 4.78 is 0. The zero-order valence-corrected chi connectivity index (χ0v) is 8.93. The first kappa shape index (κ1) is 11.1. The van der Waals surface area contributed by atoms with Gasteiger partial charge in [0.15, 0.2) is 0 Å². The van der Waals surface area contributed by atoms with Crippen molar-refractivity contribution in [1.29, 1.82) is 0 Å². The summed E-state index contributed by atoms with van der Waals surface area (Å²) in [5.41, 5.74) is 3.92. The number of nitrogens with two attached hydrogens (primary N) is 1. The van der Waals surface area contributed by atoms with Crippen LogP contribution in [0.2, 0.25) is 0 Å². The van der Waals surface area contributed by atoms with Crippen LogP contribution >= 0.6 is 11.8 Å². The Balaban J connectivity index is 2.63. The molecule has 0 fully saturated rings. The van der Waals surface area contributed by atoms with Gasteiger partial charge in [-0.2, -0.15) is 11.8 Å². The molecule has 0 atom stereocenters. The minimum Gasteiger partial charge on any atom is -0.290 e. The van der Waals surface area contributed by atoms with Gasteiger partial charge in [0, 0.05) is 11.3 Å². The molecule has 0 radical (unpaired) electrons. The number of hydrazine groups is 1. The third-order valence-corrected chi connectivity index (χ3v) is 2.77.